The minimum atomic E-state index is -0.863. The maximum absolute atomic E-state index is 12.3. The number of aliphatic carboxylic acids is 1. The van der Waals surface area contributed by atoms with Gasteiger partial charge in [0.25, 0.3) is 5.91 Å². The van der Waals surface area contributed by atoms with E-state index in [4.69, 9.17) is 10.8 Å². The van der Waals surface area contributed by atoms with Crippen LogP contribution in [-0.2, 0) is 17.8 Å². The van der Waals surface area contributed by atoms with Crippen LogP contribution in [0.2, 0.25) is 0 Å². The van der Waals surface area contributed by atoms with Gasteiger partial charge in [0.1, 0.15) is 0 Å². The van der Waals surface area contributed by atoms with Crippen molar-refractivity contribution in [2.24, 2.45) is 5.73 Å². The first kappa shape index (κ1) is 18.0. The molecule has 0 spiro atoms. The van der Waals surface area contributed by atoms with Crippen molar-refractivity contribution in [3.05, 3.63) is 65.2 Å². The number of anilines is 1. The first-order chi connectivity index (χ1) is 12.0. The molecule has 0 aliphatic heterocycles. The van der Waals surface area contributed by atoms with Crippen molar-refractivity contribution in [1.82, 2.24) is 5.32 Å². The molecule has 0 saturated carbocycles. The SMILES string of the molecule is NC(=O)Nc1cccc(C(=O)NCc2ccccc2CCC(=O)O)c1. The normalized spacial score (nSPS) is 10.1. The highest BCUT2D eigenvalue weighted by Crippen LogP contribution is 2.13. The number of carbonyl (C=O) groups is 3. The molecule has 0 heterocycles. The van der Waals surface area contributed by atoms with Crippen molar-refractivity contribution in [3.63, 3.8) is 0 Å². The van der Waals surface area contributed by atoms with Gasteiger partial charge in [-0.2, -0.15) is 0 Å². The lowest BCUT2D eigenvalue weighted by Crippen LogP contribution is -2.24. The van der Waals surface area contributed by atoms with Crippen LogP contribution in [0.4, 0.5) is 10.5 Å². The van der Waals surface area contributed by atoms with Crippen molar-refractivity contribution in [1.29, 1.82) is 0 Å². The Kier molecular flexibility index (Phi) is 6.11. The van der Waals surface area contributed by atoms with Gasteiger partial charge in [0, 0.05) is 24.2 Å². The Hall–Kier alpha value is -3.35. The fraction of sp³-hybridized carbons (Fsp3) is 0.167. The van der Waals surface area contributed by atoms with Gasteiger partial charge in [-0.25, -0.2) is 4.79 Å². The molecular formula is C18H19N3O4. The fourth-order valence-corrected chi connectivity index (χ4v) is 2.37. The molecule has 3 amide bonds. The second-order valence-corrected chi connectivity index (χ2v) is 5.42. The van der Waals surface area contributed by atoms with Crippen molar-refractivity contribution in [3.8, 4) is 0 Å². The number of aryl methyl sites for hydroxylation is 1. The molecule has 0 aliphatic carbocycles. The van der Waals surface area contributed by atoms with Crippen LogP contribution in [0.25, 0.3) is 0 Å². The number of amides is 3. The molecule has 0 fully saturated rings. The van der Waals surface area contributed by atoms with Crippen LogP contribution in [0, 0.1) is 0 Å². The Balaban J connectivity index is 2.03. The summed E-state index contributed by atoms with van der Waals surface area (Å²) in [6.07, 6.45) is 0.436. The summed E-state index contributed by atoms with van der Waals surface area (Å²) in [5.74, 6) is -1.17. The van der Waals surface area contributed by atoms with Gasteiger partial charge in [-0.05, 0) is 35.7 Å². The lowest BCUT2D eigenvalue weighted by molar-refractivity contribution is -0.136. The number of carboxylic acids is 1. The van der Waals surface area contributed by atoms with Gasteiger partial charge < -0.3 is 21.5 Å². The van der Waals surface area contributed by atoms with Gasteiger partial charge >= 0.3 is 12.0 Å². The summed E-state index contributed by atoms with van der Waals surface area (Å²) < 4.78 is 0. The average Bonchev–Trinajstić information content (AvgIpc) is 2.58. The van der Waals surface area contributed by atoms with Gasteiger partial charge in [0.2, 0.25) is 0 Å². The maximum Gasteiger partial charge on any atom is 0.316 e. The lowest BCUT2D eigenvalue weighted by atomic mass is 10.0. The zero-order valence-electron chi connectivity index (χ0n) is 13.5. The van der Waals surface area contributed by atoms with Crippen molar-refractivity contribution in [2.75, 3.05) is 5.32 Å². The minimum absolute atomic E-state index is 0.0335. The first-order valence-electron chi connectivity index (χ1n) is 7.69. The molecule has 0 aliphatic rings. The third-order valence-electron chi connectivity index (χ3n) is 3.56. The highest BCUT2D eigenvalue weighted by Gasteiger charge is 2.09. The Morgan fingerprint density at radius 2 is 1.72 bits per heavy atom. The van der Waals surface area contributed by atoms with Crippen LogP contribution >= 0.6 is 0 Å². The molecule has 0 atom stereocenters. The third-order valence-corrected chi connectivity index (χ3v) is 3.56. The van der Waals surface area contributed by atoms with E-state index in [1.54, 1.807) is 18.2 Å². The molecule has 25 heavy (non-hydrogen) atoms. The predicted molar refractivity (Wildman–Crippen MR) is 93.2 cm³/mol. The number of hydrogen-bond donors (Lipinski definition) is 4. The van der Waals surface area contributed by atoms with E-state index in [1.165, 1.54) is 6.07 Å². The van der Waals surface area contributed by atoms with Gasteiger partial charge in [-0.1, -0.05) is 30.3 Å². The first-order valence-corrected chi connectivity index (χ1v) is 7.69. The van der Waals surface area contributed by atoms with E-state index >= 15 is 0 Å². The maximum atomic E-state index is 12.3. The number of carbonyl (C=O) groups excluding carboxylic acids is 2. The number of rotatable bonds is 7. The number of nitrogens with one attached hydrogen (secondary N) is 2. The van der Waals surface area contributed by atoms with E-state index in [0.717, 1.165) is 11.1 Å². The fourth-order valence-electron chi connectivity index (χ4n) is 2.37. The van der Waals surface area contributed by atoms with Crippen molar-refractivity contribution >= 4 is 23.6 Å². The van der Waals surface area contributed by atoms with E-state index in [1.807, 2.05) is 24.3 Å². The molecule has 130 valence electrons. The van der Waals surface area contributed by atoms with Gasteiger partial charge in [0.15, 0.2) is 0 Å². The van der Waals surface area contributed by atoms with Gasteiger partial charge in [-0.3, -0.25) is 9.59 Å². The second kappa shape index (κ2) is 8.49. The Morgan fingerprint density at radius 3 is 2.40 bits per heavy atom. The molecule has 5 N–H and O–H groups in total. The van der Waals surface area contributed by atoms with Crippen molar-refractivity contribution < 1.29 is 19.5 Å². The minimum Gasteiger partial charge on any atom is -0.481 e. The zero-order valence-corrected chi connectivity index (χ0v) is 13.5. The Bertz CT molecular complexity index is 789. The van der Waals surface area contributed by atoms with Gasteiger partial charge in [-0.15, -0.1) is 0 Å². The van der Waals surface area contributed by atoms with Crippen LogP contribution in [-0.4, -0.2) is 23.0 Å². The van der Waals surface area contributed by atoms with E-state index in [2.05, 4.69) is 10.6 Å². The largest absolute Gasteiger partial charge is 0.481 e. The summed E-state index contributed by atoms with van der Waals surface area (Å²) in [4.78, 5) is 33.9. The number of primary amides is 1. The van der Waals surface area contributed by atoms with Crippen LogP contribution in [0.5, 0.6) is 0 Å². The molecule has 7 heteroatoms. The lowest BCUT2D eigenvalue weighted by Gasteiger charge is -2.11. The number of nitrogens with two attached hydrogens (primary N) is 1. The smallest absolute Gasteiger partial charge is 0.316 e. The third kappa shape index (κ3) is 5.65. The summed E-state index contributed by atoms with van der Waals surface area (Å²) in [5.41, 5.74) is 7.62. The molecule has 7 nitrogen and oxygen atoms in total. The highest BCUT2D eigenvalue weighted by atomic mass is 16.4. The highest BCUT2D eigenvalue weighted by molar-refractivity contribution is 5.96. The number of carboxylic acid groups (broad SMARTS) is 1. The van der Waals surface area contributed by atoms with E-state index in [-0.39, 0.29) is 18.9 Å². The molecule has 0 aromatic heterocycles. The van der Waals surface area contributed by atoms with Crippen LogP contribution in [0.1, 0.15) is 27.9 Å². The van der Waals surface area contributed by atoms with Crippen LogP contribution in [0.15, 0.2) is 48.5 Å². The molecule has 2 aromatic rings. The van der Waals surface area contributed by atoms with E-state index in [0.29, 0.717) is 17.7 Å². The summed E-state index contributed by atoms with van der Waals surface area (Å²) >= 11 is 0. The molecule has 2 rings (SSSR count). The number of urea groups is 1. The number of hydrogen-bond acceptors (Lipinski definition) is 3. The second-order valence-electron chi connectivity index (χ2n) is 5.42. The van der Waals surface area contributed by atoms with Crippen molar-refractivity contribution in [2.45, 2.75) is 19.4 Å². The molecule has 0 bridgehead atoms. The molecule has 0 radical (unpaired) electrons. The average molecular weight is 341 g/mol. The monoisotopic (exact) mass is 341 g/mol. The zero-order chi connectivity index (χ0) is 18.2. The topological polar surface area (TPSA) is 122 Å². The standard InChI is InChI=1S/C18H19N3O4/c19-18(25)21-15-7-3-6-13(10-15)17(24)20-11-14-5-2-1-4-12(14)8-9-16(22)23/h1-7,10H,8-9,11H2,(H,20,24)(H,22,23)(H3,19,21,25). The Labute approximate surface area is 144 Å². The summed E-state index contributed by atoms with van der Waals surface area (Å²) in [7, 11) is 0. The van der Waals surface area contributed by atoms with E-state index in [9.17, 15) is 14.4 Å². The summed E-state index contributed by atoms with van der Waals surface area (Å²) in [6.45, 7) is 0.280. The Morgan fingerprint density at radius 1 is 1.00 bits per heavy atom. The van der Waals surface area contributed by atoms with Gasteiger partial charge in [0.05, 0.1) is 0 Å². The predicted octanol–water partition coefficient (Wildman–Crippen LogP) is 2.12. The molecule has 0 saturated heterocycles. The van der Waals surface area contributed by atoms with Crippen LogP contribution in [0.3, 0.4) is 0 Å². The molecular weight excluding hydrogens is 322 g/mol. The summed E-state index contributed by atoms with van der Waals surface area (Å²) in [6, 6.07) is 13.1. The number of benzene rings is 2. The van der Waals surface area contributed by atoms with E-state index < -0.39 is 12.0 Å². The quantitative estimate of drug-likeness (QED) is 0.616. The molecule has 2 aromatic carbocycles. The molecule has 0 unspecified atom stereocenters. The summed E-state index contributed by atoms with van der Waals surface area (Å²) in [5, 5.41) is 14.0. The van der Waals surface area contributed by atoms with Crippen LogP contribution < -0.4 is 16.4 Å².